The van der Waals surface area contributed by atoms with Crippen molar-refractivity contribution in [1.29, 1.82) is 0 Å². The summed E-state index contributed by atoms with van der Waals surface area (Å²) in [4.78, 5) is 33.4. The molecule has 0 atom stereocenters. The number of carbonyl (C=O) groups excluding carboxylic acids is 3. The Hall–Kier alpha value is -2.01. The topological polar surface area (TPSA) is 69.7 Å². The number of unbranched alkanes of at least 4 members (excludes halogenated alkanes) is 1. The van der Waals surface area contributed by atoms with Crippen molar-refractivity contribution in [3.05, 3.63) is 35.4 Å². The van der Waals surface area contributed by atoms with Gasteiger partial charge >= 0.3 is 5.97 Å². The molecule has 0 aromatic heterocycles. The van der Waals surface area contributed by atoms with E-state index in [4.69, 9.17) is 4.74 Å². The number of hydrogen-bond acceptors (Lipinski definition) is 5. The average molecular weight is 306 g/mol. The first-order valence-corrected chi connectivity index (χ1v) is 7.29. The lowest BCUT2D eigenvalue weighted by Gasteiger charge is -2.05. The van der Waals surface area contributed by atoms with Crippen LogP contribution in [0.25, 0.3) is 0 Å². The molecular formula is C17H22O5. The Morgan fingerprint density at radius 1 is 1.05 bits per heavy atom. The summed E-state index contributed by atoms with van der Waals surface area (Å²) in [6.07, 6.45) is 1.97. The predicted octanol–water partition coefficient (Wildman–Crippen LogP) is 2.71. The second kappa shape index (κ2) is 9.84. The van der Waals surface area contributed by atoms with Crippen molar-refractivity contribution in [2.75, 3.05) is 13.7 Å². The van der Waals surface area contributed by atoms with Gasteiger partial charge in [0.05, 0.1) is 25.7 Å². The van der Waals surface area contributed by atoms with Gasteiger partial charge in [0, 0.05) is 13.0 Å². The molecule has 0 unspecified atom stereocenters. The molecule has 5 nitrogen and oxygen atoms in total. The first-order valence-electron chi connectivity index (χ1n) is 7.29. The standard InChI is InChI=1S/C17H22O5/c1-13(18)11-16(19)5-3-4-10-22-12-14-6-8-15(9-7-14)17(20)21-2/h6-9H,3-5,10-12H2,1-2H3. The maximum absolute atomic E-state index is 11.3. The largest absolute Gasteiger partial charge is 0.465 e. The normalized spacial score (nSPS) is 10.3. The number of ketones is 2. The molecule has 1 aromatic rings. The van der Waals surface area contributed by atoms with E-state index in [9.17, 15) is 14.4 Å². The van der Waals surface area contributed by atoms with E-state index in [0.29, 0.717) is 25.2 Å². The number of Topliss-reactive ketones (excluding diaryl/α,β-unsaturated/α-hetero) is 2. The average Bonchev–Trinajstić information content (AvgIpc) is 2.49. The fourth-order valence-corrected chi connectivity index (χ4v) is 1.94. The Morgan fingerprint density at radius 3 is 2.32 bits per heavy atom. The minimum Gasteiger partial charge on any atom is -0.465 e. The zero-order chi connectivity index (χ0) is 16.4. The molecule has 0 aliphatic rings. The maximum atomic E-state index is 11.3. The Bertz CT molecular complexity index is 504. The van der Waals surface area contributed by atoms with Crippen molar-refractivity contribution in [2.24, 2.45) is 0 Å². The molecule has 1 rings (SSSR count). The summed E-state index contributed by atoms with van der Waals surface area (Å²) in [5, 5.41) is 0. The number of methoxy groups -OCH3 is 1. The van der Waals surface area contributed by atoms with E-state index in [1.54, 1.807) is 12.1 Å². The van der Waals surface area contributed by atoms with E-state index in [1.165, 1.54) is 14.0 Å². The Morgan fingerprint density at radius 2 is 1.73 bits per heavy atom. The molecule has 1 aromatic carbocycles. The molecular weight excluding hydrogens is 284 g/mol. The second-order valence-corrected chi connectivity index (χ2v) is 5.12. The van der Waals surface area contributed by atoms with E-state index >= 15 is 0 Å². The fraction of sp³-hybridized carbons (Fsp3) is 0.471. The van der Waals surface area contributed by atoms with Gasteiger partial charge in [0.2, 0.25) is 0 Å². The number of benzene rings is 1. The predicted molar refractivity (Wildman–Crippen MR) is 81.6 cm³/mol. The lowest BCUT2D eigenvalue weighted by molar-refractivity contribution is -0.125. The molecule has 0 aliphatic carbocycles. The van der Waals surface area contributed by atoms with Crippen LogP contribution in [0.3, 0.4) is 0 Å². The Kier molecular flexibility index (Phi) is 8.07. The van der Waals surface area contributed by atoms with E-state index in [-0.39, 0.29) is 24.0 Å². The molecule has 0 N–H and O–H groups in total. The third kappa shape index (κ3) is 7.13. The molecule has 0 amide bonds. The van der Waals surface area contributed by atoms with Gasteiger partial charge in [0.25, 0.3) is 0 Å². The number of carbonyl (C=O) groups is 3. The first kappa shape index (κ1) is 18.0. The van der Waals surface area contributed by atoms with Crippen molar-refractivity contribution in [2.45, 2.75) is 39.2 Å². The molecule has 0 fully saturated rings. The van der Waals surface area contributed by atoms with Crippen LogP contribution in [-0.2, 0) is 25.7 Å². The van der Waals surface area contributed by atoms with Crippen LogP contribution in [-0.4, -0.2) is 31.3 Å². The van der Waals surface area contributed by atoms with Gasteiger partial charge in [-0.05, 0) is 37.5 Å². The zero-order valence-electron chi connectivity index (χ0n) is 13.1. The Labute approximate surface area is 130 Å². The molecule has 0 spiro atoms. The summed E-state index contributed by atoms with van der Waals surface area (Å²) in [5.41, 5.74) is 1.48. The van der Waals surface area contributed by atoms with Gasteiger partial charge in [-0.25, -0.2) is 4.79 Å². The molecule has 0 radical (unpaired) electrons. The smallest absolute Gasteiger partial charge is 0.337 e. The van der Waals surface area contributed by atoms with Crippen LogP contribution in [0.5, 0.6) is 0 Å². The summed E-state index contributed by atoms with van der Waals surface area (Å²) >= 11 is 0. The zero-order valence-corrected chi connectivity index (χ0v) is 13.1. The number of rotatable bonds is 10. The van der Waals surface area contributed by atoms with E-state index in [2.05, 4.69) is 4.74 Å². The van der Waals surface area contributed by atoms with Crippen molar-refractivity contribution in [3.63, 3.8) is 0 Å². The molecule has 0 saturated heterocycles. The van der Waals surface area contributed by atoms with Crippen LogP contribution in [0.4, 0.5) is 0 Å². The first-order chi connectivity index (χ1) is 10.5. The molecule has 0 aliphatic heterocycles. The maximum Gasteiger partial charge on any atom is 0.337 e. The molecule has 5 heteroatoms. The fourth-order valence-electron chi connectivity index (χ4n) is 1.94. The summed E-state index contributed by atoms with van der Waals surface area (Å²) in [6.45, 7) is 2.45. The summed E-state index contributed by atoms with van der Waals surface area (Å²) in [7, 11) is 1.35. The second-order valence-electron chi connectivity index (χ2n) is 5.12. The molecule has 0 saturated carbocycles. The van der Waals surface area contributed by atoms with Crippen LogP contribution in [0, 0.1) is 0 Å². The molecule has 0 bridgehead atoms. The third-order valence-corrected chi connectivity index (χ3v) is 3.08. The van der Waals surface area contributed by atoms with Crippen molar-refractivity contribution in [1.82, 2.24) is 0 Å². The van der Waals surface area contributed by atoms with Crippen LogP contribution >= 0.6 is 0 Å². The number of hydrogen-bond donors (Lipinski definition) is 0. The Balaban J connectivity index is 2.16. The highest BCUT2D eigenvalue weighted by atomic mass is 16.5. The van der Waals surface area contributed by atoms with Gasteiger partial charge in [-0.15, -0.1) is 0 Å². The quantitative estimate of drug-likeness (QED) is 0.377. The van der Waals surface area contributed by atoms with Crippen molar-refractivity contribution < 1.29 is 23.9 Å². The van der Waals surface area contributed by atoms with Gasteiger partial charge in [0.15, 0.2) is 0 Å². The van der Waals surface area contributed by atoms with Gasteiger partial charge in [-0.2, -0.15) is 0 Å². The molecule has 0 heterocycles. The highest BCUT2D eigenvalue weighted by Gasteiger charge is 2.05. The van der Waals surface area contributed by atoms with Crippen LogP contribution in [0.15, 0.2) is 24.3 Å². The van der Waals surface area contributed by atoms with E-state index in [0.717, 1.165) is 18.4 Å². The molecule has 120 valence electrons. The number of ether oxygens (including phenoxy) is 2. The van der Waals surface area contributed by atoms with E-state index < -0.39 is 0 Å². The van der Waals surface area contributed by atoms with Crippen LogP contribution < -0.4 is 0 Å². The molecule has 22 heavy (non-hydrogen) atoms. The third-order valence-electron chi connectivity index (χ3n) is 3.08. The monoisotopic (exact) mass is 306 g/mol. The van der Waals surface area contributed by atoms with Gasteiger partial charge in [-0.1, -0.05) is 12.1 Å². The lowest BCUT2D eigenvalue weighted by Crippen LogP contribution is -2.05. The minimum atomic E-state index is -0.359. The van der Waals surface area contributed by atoms with Crippen LogP contribution in [0.2, 0.25) is 0 Å². The van der Waals surface area contributed by atoms with Crippen LogP contribution in [0.1, 0.15) is 48.5 Å². The van der Waals surface area contributed by atoms with Crippen molar-refractivity contribution >= 4 is 17.5 Å². The minimum absolute atomic E-state index is 0.00843. The summed E-state index contributed by atoms with van der Waals surface area (Å²) < 4.78 is 10.1. The SMILES string of the molecule is COC(=O)c1ccc(COCCCCC(=O)CC(C)=O)cc1. The van der Waals surface area contributed by atoms with Gasteiger partial charge in [0.1, 0.15) is 11.6 Å². The highest BCUT2D eigenvalue weighted by Crippen LogP contribution is 2.08. The van der Waals surface area contributed by atoms with Gasteiger partial charge in [-0.3, -0.25) is 9.59 Å². The van der Waals surface area contributed by atoms with Gasteiger partial charge < -0.3 is 9.47 Å². The summed E-state index contributed by atoms with van der Waals surface area (Å²) in [5.74, 6) is -0.453. The van der Waals surface area contributed by atoms with E-state index in [1.807, 2.05) is 12.1 Å². The number of esters is 1. The van der Waals surface area contributed by atoms with Crippen molar-refractivity contribution in [3.8, 4) is 0 Å². The highest BCUT2D eigenvalue weighted by molar-refractivity contribution is 5.97. The lowest BCUT2D eigenvalue weighted by atomic mass is 10.1. The summed E-state index contributed by atoms with van der Waals surface area (Å²) in [6, 6.07) is 7.04.